The van der Waals surface area contributed by atoms with E-state index < -0.39 is 11.8 Å². The summed E-state index contributed by atoms with van der Waals surface area (Å²) in [7, 11) is 0. The van der Waals surface area contributed by atoms with Crippen molar-refractivity contribution in [2.75, 3.05) is 11.9 Å². The lowest BCUT2D eigenvalue weighted by Gasteiger charge is -2.12. The molecule has 0 atom stereocenters. The maximum atomic E-state index is 12.5. The van der Waals surface area contributed by atoms with Crippen LogP contribution in [0.5, 0.6) is 5.75 Å². The van der Waals surface area contributed by atoms with Crippen LogP contribution in [0.15, 0.2) is 46.9 Å². The van der Waals surface area contributed by atoms with Gasteiger partial charge in [0, 0.05) is 21.6 Å². The molecule has 1 fully saturated rings. The molecule has 0 aliphatic heterocycles. The van der Waals surface area contributed by atoms with Gasteiger partial charge in [-0.3, -0.25) is 25.2 Å². The molecule has 0 unspecified atom stereocenters. The topological polar surface area (TPSA) is 96.5 Å². The zero-order valence-corrected chi connectivity index (χ0v) is 17.5. The summed E-state index contributed by atoms with van der Waals surface area (Å²) in [6.45, 7) is 2.46. The van der Waals surface area contributed by atoms with Gasteiger partial charge in [-0.2, -0.15) is 0 Å². The number of anilines is 1. The highest BCUT2D eigenvalue weighted by molar-refractivity contribution is 9.10. The highest BCUT2D eigenvalue weighted by atomic mass is 79.9. The second-order valence-electron chi connectivity index (χ2n) is 6.74. The number of amides is 3. The average Bonchev–Trinajstić information content (AvgIpc) is 3.57. The molecule has 8 heteroatoms. The van der Waals surface area contributed by atoms with Gasteiger partial charge in [-0.25, -0.2) is 0 Å². The lowest BCUT2D eigenvalue weighted by Crippen LogP contribution is -2.41. The highest BCUT2D eigenvalue weighted by Gasteiger charge is 2.29. The lowest BCUT2D eigenvalue weighted by atomic mass is 10.2. The quantitative estimate of drug-likeness (QED) is 0.550. The molecule has 0 spiro atoms. The minimum atomic E-state index is -0.487. The summed E-state index contributed by atoms with van der Waals surface area (Å²) in [5.41, 5.74) is 6.09. The van der Waals surface area contributed by atoms with Gasteiger partial charge >= 0.3 is 0 Å². The van der Waals surface area contributed by atoms with Gasteiger partial charge in [0.2, 0.25) is 5.91 Å². The number of rotatable bonds is 7. The standard InChI is InChI=1S/C21H22BrN3O4/c1-2-11-29-18-10-7-15(22)12-17(18)21(28)25-24-20(27)14-5-8-16(9-6-14)23-19(26)13-3-4-13/h5-10,12-13H,2-4,11H2,1H3,(H,23,26)(H,24,27)(H,25,28). The van der Waals surface area contributed by atoms with E-state index in [0.717, 1.165) is 23.7 Å². The van der Waals surface area contributed by atoms with Gasteiger partial charge in [-0.05, 0) is 61.7 Å². The van der Waals surface area contributed by atoms with Crippen LogP contribution in [0, 0.1) is 5.92 Å². The summed E-state index contributed by atoms with van der Waals surface area (Å²) in [6, 6.07) is 11.6. The van der Waals surface area contributed by atoms with E-state index in [0.29, 0.717) is 29.2 Å². The molecular weight excluding hydrogens is 438 g/mol. The number of benzene rings is 2. The van der Waals surface area contributed by atoms with Gasteiger partial charge in [-0.15, -0.1) is 0 Å². The van der Waals surface area contributed by atoms with Crippen LogP contribution >= 0.6 is 15.9 Å². The zero-order valence-electron chi connectivity index (χ0n) is 16.0. The van der Waals surface area contributed by atoms with E-state index in [1.807, 2.05) is 6.92 Å². The van der Waals surface area contributed by atoms with Crippen LogP contribution in [0.25, 0.3) is 0 Å². The molecule has 7 nitrogen and oxygen atoms in total. The van der Waals surface area contributed by atoms with E-state index in [4.69, 9.17) is 4.74 Å². The summed E-state index contributed by atoms with van der Waals surface area (Å²) in [5.74, 6) is -0.400. The third-order valence-electron chi connectivity index (χ3n) is 4.30. The Balaban J connectivity index is 1.58. The maximum absolute atomic E-state index is 12.5. The molecule has 152 valence electrons. The summed E-state index contributed by atoms with van der Waals surface area (Å²) in [4.78, 5) is 36.6. The van der Waals surface area contributed by atoms with Crippen molar-refractivity contribution in [2.24, 2.45) is 5.92 Å². The number of hydrogen-bond donors (Lipinski definition) is 3. The van der Waals surface area contributed by atoms with E-state index in [1.165, 1.54) is 0 Å². The molecule has 3 N–H and O–H groups in total. The number of nitrogens with one attached hydrogen (secondary N) is 3. The predicted octanol–water partition coefficient (Wildman–Crippen LogP) is 3.66. The Morgan fingerprint density at radius 3 is 2.38 bits per heavy atom. The Labute approximate surface area is 177 Å². The summed E-state index contributed by atoms with van der Waals surface area (Å²) < 4.78 is 6.31. The van der Waals surface area contributed by atoms with Crippen molar-refractivity contribution < 1.29 is 19.1 Å². The molecule has 0 radical (unpaired) electrons. The Morgan fingerprint density at radius 2 is 1.72 bits per heavy atom. The van der Waals surface area contributed by atoms with Crippen LogP contribution in [0.4, 0.5) is 5.69 Å². The molecule has 1 aliphatic carbocycles. The zero-order chi connectivity index (χ0) is 20.8. The fraction of sp³-hybridized carbons (Fsp3) is 0.286. The van der Waals surface area contributed by atoms with E-state index in [9.17, 15) is 14.4 Å². The summed E-state index contributed by atoms with van der Waals surface area (Å²) in [6.07, 6.45) is 2.66. The minimum Gasteiger partial charge on any atom is -0.493 e. The van der Waals surface area contributed by atoms with Crippen LogP contribution in [-0.4, -0.2) is 24.3 Å². The van der Waals surface area contributed by atoms with Crippen LogP contribution in [0.2, 0.25) is 0 Å². The smallest absolute Gasteiger partial charge is 0.273 e. The van der Waals surface area contributed by atoms with Crippen molar-refractivity contribution in [3.8, 4) is 5.75 Å². The monoisotopic (exact) mass is 459 g/mol. The Morgan fingerprint density at radius 1 is 1.03 bits per heavy atom. The molecule has 2 aromatic carbocycles. The molecular formula is C21H22BrN3O4. The number of hydrogen-bond acceptors (Lipinski definition) is 4. The molecule has 29 heavy (non-hydrogen) atoms. The predicted molar refractivity (Wildman–Crippen MR) is 113 cm³/mol. The van der Waals surface area contributed by atoms with Gasteiger partial charge in [0.05, 0.1) is 12.2 Å². The summed E-state index contributed by atoms with van der Waals surface area (Å²) in [5, 5.41) is 2.81. The number of carbonyl (C=O) groups excluding carboxylic acids is 3. The fourth-order valence-electron chi connectivity index (χ4n) is 2.57. The molecule has 0 aromatic heterocycles. The Bertz CT molecular complexity index is 911. The van der Waals surface area contributed by atoms with Crippen molar-refractivity contribution in [2.45, 2.75) is 26.2 Å². The first-order chi connectivity index (χ1) is 14.0. The largest absolute Gasteiger partial charge is 0.493 e. The van der Waals surface area contributed by atoms with Crippen LogP contribution in [-0.2, 0) is 4.79 Å². The molecule has 0 saturated heterocycles. The van der Waals surface area contributed by atoms with E-state index in [1.54, 1.807) is 42.5 Å². The van der Waals surface area contributed by atoms with Gasteiger partial charge in [0.1, 0.15) is 5.75 Å². The fourth-order valence-corrected chi connectivity index (χ4v) is 2.93. The van der Waals surface area contributed by atoms with E-state index in [-0.39, 0.29) is 11.8 Å². The van der Waals surface area contributed by atoms with Crippen LogP contribution < -0.4 is 20.9 Å². The van der Waals surface area contributed by atoms with Gasteiger partial charge in [-0.1, -0.05) is 22.9 Å². The first kappa shape index (κ1) is 20.9. The Kier molecular flexibility index (Phi) is 6.87. The van der Waals surface area contributed by atoms with Gasteiger partial charge < -0.3 is 10.1 Å². The first-order valence-electron chi connectivity index (χ1n) is 9.42. The number of ether oxygens (including phenoxy) is 1. The van der Waals surface area contributed by atoms with Crippen LogP contribution in [0.3, 0.4) is 0 Å². The van der Waals surface area contributed by atoms with Crippen molar-refractivity contribution in [1.82, 2.24) is 10.9 Å². The van der Waals surface area contributed by atoms with Gasteiger partial charge in [0.25, 0.3) is 11.8 Å². The van der Waals surface area contributed by atoms with Crippen molar-refractivity contribution in [1.29, 1.82) is 0 Å². The molecule has 2 aromatic rings. The van der Waals surface area contributed by atoms with Gasteiger partial charge in [0.15, 0.2) is 0 Å². The Hall–Kier alpha value is -2.87. The average molecular weight is 460 g/mol. The molecule has 3 amide bonds. The second kappa shape index (κ2) is 9.56. The molecule has 0 heterocycles. The maximum Gasteiger partial charge on any atom is 0.273 e. The van der Waals surface area contributed by atoms with Crippen molar-refractivity contribution >= 4 is 39.3 Å². The molecule has 0 bridgehead atoms. The third-order valence-corrected chi connectivity index (χ3v) is 4.79. The van der Waals surface area contributed by atoms with E-state index >= 15 is 0 Å². The number of halogens is 1. The van der Waals surface area contributed by atoms with Crippen LogP contribution in [0.1, 0.15) is 46.9 Å². The molecule has 3 rings (SSSR count). The minimum absolute atomic E-state index is 0.00424. The SMILES string of the molecule is CCCOc1ccc(Br)cc1C(=O)NNC(=O)c1ccc(NC(=O)C2CC2)cc1. The normalized spacial score (nSPS) is 12.8. The molecule has 1 saturated carbocycles. The third kappa shape index (κ3) is 5.80. The van der Waals surface area contributed by atoms with E-state index in [2.05, 4.69) is 32.1 Å². The number of carbonyl (C=O) groups is 3. The second-order valence-corrected chi connectivity index (χ2v) is 7.65. The highest BCUT2D eigenvalue weighted by Crippen LogP contribution is 2.30. The lowest BCUT2D eigenvalue weighted by molar-refractivity contribution is -0.117. The van der Waals surface area contributed by atoms with Crippen molar-refractivity contribution in [3.63, 3.8) is 0 Å². The number of hydrazine groups is 1. The first-order valence-corrected chi connectivity index (χ1v) is 10.2. The van der Waals surface area contributed by atoms with Crippen molar-refractivity contribution in [3.05, 3.63) is 58.1 Å². The molecule has 1 aliphatic rings. The summed E-state index contributed by atoms with van der Waals surface area (Å²) >= 11 is 3.33.